The molecule has 2 aromatic carbocycles. The first kappa shape index (κ1) is 23.6. The number of hydrogen-bond acceptors (Lipinski definition) is 6. The van der Waals surface area contributed by atoms with Gasteiger partial charge in [-0.1, -0.05) is 30.3 Å². The summed E-state index contributed by atoms with van der Waals surface area (Å²) in [4.78, 5) is 24.7. The van der Waals surface area contributed by atoms with E-state index in [1.165, 1.54) is 27.9 Å². The summed E-state index contributed by atoms with van der Waals surface area (Å²) < 4.78 is 26.5. The second-order valence-corrected chi connectivity index (χ2v) is 9.37. The van der Waals surface area contributed by atoms with Gasteiger partial charge in [0, 0.05) is 62.4 Å². The molecule has 0 bridgehead atoms. The van der Waals surface area contributed by atoms with Crippen molar-refractivity contribution in [2.45, 2.75) is 13.3 Å². The minimum Gasteiger partial charge on any atom is -0.326 e. The number of nitrogens with zero attached hydrogens (tertiary/aromatic N) is 3. The van der Waals surface area contributed by atoms with Crippen LogP contribution in [0.1, 0.15) is 17.5 Å². The van der Waals surface area contributed by atoms with Crippen molar-refractivity contribution in [2.75, 3.05) is 38.0 Å². The Kier molecular flexibility index (Phi) is 7.73. The zero-order valence-corrected chi connectivity index (χ0v) is 18.6. The van der Waals surface area contributed by atoms with Crippen LogP contribution in [0.4, 0.5) is 11.4 Å². The van der Waals surface area contributed by atoms with Crippen molar-refractivity contribution < 1.29 is 18.1 Å². The molecular weight excluding hydrogens is 432 g/mol. The Bertz CT molecular complexity index is 1090. The highest BCUT2D eigenvalue weighted by atomic mass is 32.2. The number of rotatable bonds is 8. The van der Waals surface area contributed by atoms with E-state index in [0.717, 1.165) is 5.56 Å². The Balaban J connectivity index is 1.45. The fourth-order valence-electron chi connectivity index (χ4n) is 3.40. The van der Waals surface area contributed by atoms with Crippen LogP contribution < -0.4 is 5.32 Å². The lowest BCUT2D eigenvalue weighted by Gasteiger charge is -2.33. The molecule has 0 atom stereocenters. The van der Waals surface area contributed by atoms with Crippen LogP contribution in [0.3, 0.4) is 0 Å². The molecule has 2 aromatic rings. The molecule has 1 amide bonds. The van der Waals surface area contributed by atoms with Gasteiger partial charge in [0.15, 0.2) is 0 Å². The molecular formula is C22H26N4O5S. The van der Waals surface area contributed by atoms with Crippen LogP contribution in [0.2, 0.25) is 0 Å². The number of amides is 1. The smallest absolute Gasteiger partial charge is 0.269 e. The fourth-order valence-corrected chi connectivity index (χ4v) is 4.57. The lowest BCUT2D eigenvalue weighted by atomic mass is 10.1. The maximum absolute atomic E-state index is 12.5. The lowest BCUT2D eigenvalue weighted by molar-refractivity contribution is -0.384. The molecule has 1 saturated heterocycles. The SMILES string of the molecule is Cc1cc([N+](=O)[O-])ccc1NC(=O)CCN1CCN(S(=O)(=O)/C=C/c2ccccc2)CC1. The highest BCUT2D eigenvalue weighted by molar-refractivity contribution is 7.92. The lowest BCUT2D eigenvalue weighted by Crippen LogP contribution is -2.48. The molecule has 3 rings (SSSR count). The second kappa shape index (κ2) is 10.5. The number of carbonyl (C=O) groups is 1. The number of carbonyl (C=O) groups excluding carboxylic acids is 1. The summed E-state index contributed by atoms with van der Waals surface area (Å²) in [6.45, 7) is 4.03. The zero-order valence-electron chi connectivity index (χ0n) is 17.8. The van der Waals surface area contributed by atoms with Gasteiger partial charge in [-0.25, -0.2) is 8.42 Å². The average molecular weight is 459 g/mol. The Morgan fingerprint density at radius 3 is 2.44 bits per heavy atom. The molecule has 0 saturated carbocycles. The highest BCUT2D eigenvalue weighted by Gasteiger charge is 2.25. The summed E-state index contributed by atoms with van der Waals surface area (Å²) in [6.07, 6.45) is 1.84. The molecule has 0 aromatic heterocycles. The van der Waals surface area contributed by atoms with Crippen LogP contribution in [0, 0.1) is 17.0 Å². The Hall–Kier alpha value is -3.08. The molecule has 1 N–H and O–H groups in total. The Morgan fingerprint density at radius 1 is 1.12 bits per heavy atom. The van der Waals surface area contributed by atoms with Gasteiger partial charge in [0.1, 0.15) is 0 Å². The third-order valence-corrected chi connectivity index (χ3v) is 6.84. The van der Waals surface area contributed by atoms with Gasteiger partial charge in [-0.15, -0.1) is 0 Å². The molecule has 32 heavy (non-hydrogen) atoms. The topological polar surface area (TPSA) is 113 Å². The third-order valence-electron chi connectivity index (χ3n) is 5.27. The number of anilines is 1. The molecule has 10 heteroatoms. The van der Waals surface area contributed by atoms with E-state index in [1.807, 2.05) is 30.3 Å². The number of nitro benzene ring substituents is 1. The van der Waals surface area contributed by atoms with E-state index in [1.54, 1.807) is 13.0 Å². The summed E-state index contributed by atoms with van der Waals surface area (Å²) in [7, 11) is -3.49. The normalized spacial score (nSPS) is 15.7. The van der Waals surface area contributed by atoms with Crippen molar-refractivity contribution in [3.63, 3.8) is 0 Å². The first-order valence-electron chi connectivity index (χ1n) is 10.2. The van der Waals surface area contributed by atoms with Gasteiger partial charge in [0.25, 0.3) is 5.69 Å². The van der Waals surface area contributed by atoms with Gasteiger partial charge in [-0.05, 0) is 30.2 Å². The summed E-state index contributed by atoms with van der Waals surface area (Å²) in [6, 6.07) is 13.6. The van der Waals surface area contributed by atoms with E-state index in [4.69, 9.17) is 0 Å². The van der Waals surface area contributed by atoms with Crippen LogP contribution in [-0.4, -0.2) is 61.2 Å². The molecule has 170 valence electrons. The Labute approximate surface area is 187 Å². The maximum Gasteiger partial charge on any atom is 0.269 e. The number of benzene rings is 2. The number of nitro groups is 1. The predicted molar refractivity (Wildman–Crippen MR) is 123 cm³/mol. The van der Waals surface area contributed by atoms with Crippen LogP contribution in [0.25, 0.3) is 6.08 Å². The molecule has 0 unspecified atom stereocenters. The summed E-state index contributed by atoms with van der Waals surface area (Å²) in [5, 5.41) is 14.8. The number of non-ortho nitro benzene ring substituents is 1. The van der Waals surface area contributed by atoms with Crippen molar-refractivity contribution in [2.24, 2.45) is 0 Å². The van der Waals surface area contributed by atoms with Crippen molar-refractivity contribution in [1.82, 2.24) is 9.21 Å². The van der Waals surface area contributed by atoms with E-state index in [0.29, 0.717) is 44.0 Å². The molecule has 1 fully saturated rings. The Morgan fingerprint density at radius 2 is 1.81 bits per heavy atom. The quantitative estimate of drug-likeness (QED) is 0.481. The fraction of sp³-hybridized carbons (Fsp3) is 0.318. The predicted octanol–water partition coefficient (Wildman–Crippen LogP) is 2.85. The van der Waals surface area contributed by atoms with Crippen LogP contribution in [-0.2, 0) is 14.8 Å². The van der Waals surface area contributed by atoms with Crippen molar-refractivity contribution in [3.05, 3.63) is 75.2 Å². The molecule has 1 heterocycles. The zero-order chi connectivity index (χ0) is 23.1. The first-order valence-corrected chi connectivity index (χ1v) is 11.8. The van der Waals surface area contributed by atoms with E-state index >= 15 is 0 Å². The van der Waals surface area contributed by atoms with Crippen molar-refractivity contribution in [1.29, 1.82) is 0 Å². The van der Waals surface area contributed by atoms with Gasteiger partial charge in [-0.3, -0.25) is 14.9 Å². The number of hydrogen-bond donors (Lipinski definition) is 1. The van der Waals surface area contributed by atoms with Gasteiger partial charge in [-0.2, -0.15) is 4.31 Å². The minimum atomic E-state index is -3.49. The van der Waals surface area contributed by atoms with E-state index in [-0.39, 0.29) is 18.0 Å². The maximum atomic E-state index is 12.5. The average Bonchev–Trinajstić information content (AvgIpc) is 2.78. The summed E-state index contributed by atoms with van der Waals surface area (Å²) in [5.74, 6) is -0.192. The molecule has 9 nitrogen and oxygen atoms in total. The third kappa shape index (κ3) is 6.46. The second-order valence-electron chi connectivity index (χ2n) is 7.55. The summed E-state index contributed by atoms with van der Waals surface area (Å²) >= 11 is 0. The summed E-state index contributed by atoms with van der Waals surface area (Å²) in [5.41, 5.74) is 1.97. The van der Waals surface area contributed by atoms with E-state index in [2.05, 4.69) is 10.2 Å². The molecule has 0 spiro atoms. The largest absolute Gasteiger partial charge is 0.326 e. The first-order chi connectivity index (χ1) is 15.2. The number of nitrogens with one attached hydrogen (secondary N) is 1. The molecule has 0 aliphatic carbocycles. The van der Waals surface area contributed by atoms with Crippen molar-refractivity contribution in [3.8, 4) is 0 Å². The monoisotopic (exact) mass is 458 g/mol. The molecule has 1 aliphatic heterocycles. The minimum absolute atomic E-state index is 0.0214. The molecule has 0 radical (unpaired) electrons. The number of sulfonamides is 1. The van der Waals surface area contributed by atoms with Gasteiger partial charge < -0.3 is 10.2 Å². The van der Waals surface area contributed by atoms with Gasteiger partial charge in [0.05, 0.1) is 4.92 Å². The van der Waals surface area contributed by atoms with Crippen LogP contribution >= 0.6 is 0 Å². The van der Waals surface area contributed by atoms with Crippen LogP contribution in [0.15, 0.2) is 53.9 Å². The van der Waals surface area contributed by atoms with Gasteiger partial charge >= 0.3 is 0 Å². The van der Waals surface area contributed by atoms with Gasteiger partial charge in [0.2, 0.25) is 15.9 Å². The standard InChI is InChI=1S/C22H26N4O5S/c1-18-17-20(26(28)29)7-8-21(18)23-22(27)9-11-24-12-14-25(15-13-24)32(30,31)16-10-19-5-3-2-4-6-19/h2-8,10,16-17H,9,11-15H2,1H3,(H,23,27)/b16-10+. The number of piperazine rings is 1. The highest BCUT2D eigenvalue weighted by Crippen LogP contribution is 2.21. The van der Waals surface area contributed by atoms with Crippen LogP contribution in [0.5, 0.6) is 0 Å². The van der Waals surface area contributed by atoms with E-state index < -0.39 is 14.9 Å². The van der Waals surface area contributed by atoms with E-state index in [9.17, 15) is 23.3 Å². The van der Waals surface area contributed by atoms with Crippen molar-refractivity contribution >= 4 is 33.4 Å². The molecule has 1 aliphatic rings. The number of aryl methyl sites for hydroxylation is 1.